The summed E-state index contributed by atoms with van der Waals surface area (Å²) in [5.41, 5.74) is 2.40. The largest absolute Gasteiger partial charge is 0.462 e. The van der Waals surface area contributed by atoms with Gasteiger partial charge in [-0.2, -0.15) is 0 Å². The zero-order chi connectivity index (χ0) is 20.1. The fraction of sp³-hybridized carbons (Fsp3) is 0.250. The third-order valence-corrected chi connectivity index (χ3v) is 5.07. The first-order chi connectivity index (χ1) is 13.5. The van der Waals surface area contributed by atoms with E-state index in [9.17, 15) is 9.59 Å². The Kier molecular flexibility index (Phi) is 6.10. The van der Waals surface area contributed by atoms with Gasteiger partial charge >= 0.3 is 5.97 Å². The Balaban J connectivity index is 1.98. The van der Waals surface area contributed by atoms with Gasteiger partial charge in [-0.1, -0.05) is 41.7 Å². The Bertz CT molecular complexity index is 971. The first kappa shape index (κ1) is 19.6. The van der Waals surface area contributed by atoms with E-state index >= 15 is 0 Å². The number of rotatable bonds is 6. The topological polar surface area (TPSA) is 85.3 Å². The van der Waals surface area contributed by atoms with Crippen LogP contribution in [0.15, 0.2) is 42.7 Å². The van der Waals surface area contributed by atoms with Crippen LogP contribution >= 0.6 is 11.3 Å². The number of nitrogens with zero attached hydrogens (tertiary/aromatic N) is 4. The van der Waals surface area contributed by atoms with Gasteiger partial charge in [0.05, 0.1) is 30.7 Å². The van der Waals surface area contributed by atoms with Gasteiger partial charge in [-0.15, -0.1) is 0 Å². The van der Waals surface area contributed by atoms with Gasteiger partial charge in [0.2, 0.25) is 0 Å². The molecule has 3 aromatic rings. The molecule has 0 aliphatic carbocycles. The predicted octanol–water partition coefficient (Wildman–Crippen LogP) is 3.57. The van der Waals surface area contributed by atoms with Gasteiger partial charge in [0.1, 0.15) is 10.6 Å². The number of aromatic nitrogens is 3. The summed E-state index contributed by atoms with van der Waals surface area (Å²) >= 11 is 1.13. The lowest BCUT2D eigenvalue weighted by molar-refractivity contribution is 0.0531. The maximum Gasteiger partial charge on any atom is 0.350 e. The van der Waals surface area contributed by atoms with E-state index in [0.717, 1.165) is 22.6 Å². The standard InChI is InChI=1S/C20H20N4O3S/c1-4-27-19(26)17-14(3)23-20(28-17)24(12-15-8-6-5-7-9-15)18(25)16-11-21-13(2)10-22-16/h5-11H,4,12H2,1-3H3. The van der Waals surface area contributed by atoms with Crippen molar-refractivity contribution in [2.45, 2.75) is 27.3 Å². The number of anilines is 1. The highest BCUT2D eigenvalue weighted by atomic mass is 32.1. The van der Waals surface area contributed by atoms with E-state index in [0.29, 0.717) is 22.2 Å². The molecule has 0 fully saturated rings. The minimum Gasteiger partial charge on any atom is -0.462 e. The molecule has 0 aliphatic heterocycles. The molecule has 8 heteroatoms. The smallest absolute Gasteiger partial charge is 0.350 e. The molecule has 0 aliphatic rings. The van der Waals surface area contributed by atoms with E-state index in [1.165, 1.54) is 11.1 Å². The molecule has 0 saturated heterocycles. The highest BCUT2D eigenvalue weighted by molar-refractivity contribution is 7.17. The minimum atomic E-state index is -0.439. The van der Waals surface area contributed by atoms with Crippen LogP contribution in [0.5, 0.6) is 0 Å². The third kappa shape index (κ3) is 4.40. The fourth-order valence-electron chi connectivity index (χ4n) is 2.52. The molecule has 0 radical (unpaired) electrons. The fourth-order valence-corrected chi connectivity index (χ4v) is 3.48. The molecular formula is C20H20N4O3S. The normalized spacial score (nSPS) is 10.5. The van der Waals surface area contributed by atoms with Crippen molar-refractivity contribution in [1.29, 1.82) is 0 Å². The molecule has 144 valence electrons. The van der Waals surface area contributed by atoms with Gasteiger partial charge in [-0.3, -0.25) is 14.7 Å². The first-order valence-electron chi connectivity index (χ1n) is 8.78. The van der Waals surface area contributed by atoms with Crippen molar-refractivity contribution in [3.63, 3.8) is 0 Å². The zero-order valence-corrected chi connectivity index (χ0v) is 16.7. The molecule has 3 rings (SSSR count). The molecule has 1 aromatic carbocycles. The van der Waals surface area contributed by atoms with Crippen LogP contribution in [0.3, 0.4) is 0 Å². The SMILES string of the molecule is CCOC(=O)c1sc(N(Cc2ccccc2)C(=O)c2cnc(C)cn2)nc1C. The van der Waals surface area contributed by atoms with Crippen LogP contribution in [0.1, 0.15) is 44.0 Å². The third-order valence-electron chi connectivity index (χ3n) is 3.91. The predicted molar refractivity (Wildman–Crippen MR) is 107 cm³/mol. The van der Waals surface area contributed by atoms with Crippen molar-refractivity contribution in [3.8, 4) is 0 Å². The Hall–Kier alpha value is -3.13. The number of carbonyl (C=O) groups excluding carboxylic acids is 2. The molecule has 2 heterocycles. The lowest BCUT2D eigenvalue weighted by atomic mass is 10.2. The molecule has 7 nitrogen and oxygen atoms in total. The number of esters is 1. The van der Waals surface area contributed by atoms with E-state index in [-0.39, 0.29) is 18.2 Å². The van der Waals surface area contributed by atoms with Crippen LogP contribution in [0.25, 0.3) is 0 Å². The quantitative estimate of drug-likeness (QED) is 0.592. The van der Waals surface area contributed by atoms with Crippen molar-refractivity contribution in [3.05, 3.63) is 70.2 Å². The van der Waals surface area contributed by atoms with Crippen LogP contribution in [0, 0.1) is 13.8 Å². The van der Waals surface area contributed by atoms with E-state index in [1.54, 1.807) is 27.0 Å². The molecule has 0 bridgehead atoms. The minimum absolute atomic E-state index is 0.215. The van der Waals surface area contributed by atoms with Crippen LogP contribution in [0.4, 0.5) is 5.13 Å². The number of amides is 1. The van der Waals surface area contributed by atoms with Gasteiger partial charge in [0, 0.05) is 6.20 Å². The summed E-state index contributed by atoms with van der Waals surface area (Å²) in [6.07, 6.45) is 2.99. The van der Waals surface area contributed by atoms with Crippen LogP contribution < -0.4 is 4.90 Å². The maximum atomic E-state index is 13.2. The Morgan fingerprint density at radius 2 is 1.86 bits per heavy atom. The Labute approximate surface area is 167 Å². The van der Waals surface area contributed by atoms with Gasteiger partial charge in [-0.25, -0.2) is 14.8 Å². The second-order valence-corrected chi connectivity index (χ2v) is 7.03. The zero-order valence-electron chi connectivity index (χ0n) is 15.9. The molecule has 28 heavy (non-hydrogen) atoms. The maximum absolute atomic E-state index is 13.2. The number of hydrogen-bond donors (Lipinski definition) is 0. The van der Waals surface area contributed by atoms with Crippen molar-refractivity contribution in [2.75, 3.05) is 11.5 Å². The summed E-state index contributed by atoms with van der Waals surface area (Å²) in [4.78, 5) is 40.0. The molecule has 0 saturated carbocycles. The van der Waals surface area contributed by atoms with Crippen LogP contribution in [-0.2, 0) is 11.3 Å². The number of thiazole rings is 1. The Morgan fingerprint density at radius 3 is 2.50 bits per heavy atom. The summed E-state index contributed by atoms with van der Waals surface area (Å²) in [5, 5.41) is 0.414. The van der Waals surface area contributed by atoms with E-state index in [1.807, 2.05) is 30.3 Å². The number of aryl methyl sites for hydroxylation is 2. The van der Waals surface area contributed by atoms with Crippen molar-refractivity contribution >= 4 is 28.3 Å². The highest BCUT2D eigenvalue weighted by Crippen LogP contribution is 2.29. The highest BCUT2D eigenvalue weighted by Gasteiger charge is 2.26. The molecule has 2 aromatic heterocycles. The van der Waals surface area contributed by atoms with Crippen LogP contribution in [-0.4, -0.2) is 33.4 Å². The van der Waals surface area contributed by atoms with Gasteiger partial charge < -0.3 is 4.74 Å². The van der Waals surface area contributed by atoms with E-state index in [4.69, 9.17) is 4.74 Å². The molecular weight excluding hydrogens is 376 g/mol. The summed E-state index contributed by atoms with van der Waals surface area (Å²) in [6.45, 7) is 5.85. The summed E-state index contributed by atoms with van der Waals surface area (Å²) in [5.74, 6) is -0.772. The van der Waals surface area contributed by atoms with Gasteiger partial charge in [0.25, 0.3) is 5.91 Å². The molecule has 0 spiro atoms. The number of carbonyl (C=O) groups is 2. The number of hydrogen-bond acceptors (Lipinski definition) is 7. The van der Waals surface area contributed by atoms with Crippen molar-refractivity contribution in [2.24, 2.45) is 0 Å². The van der Waals surface area contributed by atoms with Crippen LogP contribution in [0.2, 0.25) is 0 Å². The molecule has 0 unspecified atom stereocenters. The monoisotopic (exact) mass is 396 g/mol. The molecule has 0 atom stereocenters. The second kappa shape index (κ2) is 8.71. The van der Waals surface area contributed by atoms with E-state index in [2.05, 4.69) is 15.0 Å². The van der Waals surface area contributed by atoms with Crippen molar-refractivity contribution < 1.29 is 14.3 Å². The average molecular weight is 396 g/mol. The molecule has 0 N–H and O–H groups in total. The van der Waals surface area contributed by atoms with Gasteiger partial charge in [-0.05, 0) is 26.3 Å². The lowest BCUT2D eigenvalue weighted by Gasteiger charge is -2.19. The summed E-state index contributed by atoms with van der Waals surface area (Å²) < 4.78 is 5.08. The summed E-state index contributed by atoms with van der Waals surface area (Å²) in [7, 11) is 0. The Morgan fingerprint density at radius 1 is 1.11 bits per heavy atom. The van der Waals surface area contributed by atoms with E-state index < -0.39 is 5.97 Å². The number of benzene rings is 1. The van der Waals surface area contributed by atoms with Crippen molar-refractivity contribution in [1.82, 2.24) is 15.0 Å². The average Bonchev–Trinajstić information content (AvgIpc) is 3.08. The lowest BCUT2D eigenvalue weighted by Crippen LogP contribution is -2.31. The summed E-state index contributed by atoms with van der Waals surface area (Å²) in [6, 6.07) is 9.57. The molecule has 1 amide bonds. The number of ether oxygens (including phenoxy) is 1. The van der Waals surface area contributed by atoms with Gasteiger partial charge in [0.15, 0.2) is 5.13 Å². The second-order valence-electron chi connectivity index (χ2n) is 6.05. The first-order valence-corrected chi connectivity index (χ1v) is 9.60.